The van der Waals surface area contributed by atoms with Crippen LogP contribution < -0.4 is 5.32 Å². The number of carbonyl (C=O) groups is 2. The summed E-state index contributed by atoms with van der Waals surface area (Å²) >= 11 is 0. The fourth-order valence-corrected chi connectivity index (χ4v) is 4.93. The number of imidazole rings is 1. The highest BCUT2D eigenvalue weighted by molar-refractivity contribution is 5.78. The number of carbonyl (C=O) groups excluding carboxylic acids is 2. The highest BCUT2D eigenvalue weighted by Crippen LogP contribution is 2.36. The lowest BCUT2D eigenvalue weighted by atomic mass is 9.76. The van der Waals surface area contributed by atoms with Gasteiger partial charge in [-0.05, 0) is 43.1 Å². The van der Waals surface area contributed by atoms with Crippen LogP contribution in [0.4, 0.5) is 0 Å². The van der Waals surface area contributed by atoms with Gasteiger partial charge in [0.05, 0.1) is 6.33 Å². The number of aromatic amines is 1. The van der Waals surface area contributed by atoms with E-state index in [9.17, 15) is 9.59 Å². The minimum absolute atomic E-state index is 0.00463. The fourth-order valence-electron chi connectivity index (χ4n) is 4.93. The highest BCUT2D eigenvalue weighted by atomic mass is 16.2. The van der Waals surface area contributed by atoms with Crippen molar-refractivity contribution in [3.05, 3.63) is 54.1 Å². The molecular formula is C25H36N4O2. The molecule has 1 saturated heterocycles. The van der Waals surface area contributed by atoms with Crippen molar-refractivity contribution in [1.29, 1.82) is 0 Å². The number of benzene rings is 1. The smallest absolute Gasteiger partial charge is 0.223 e. The van der Waals surface area contributed by atoms with E-state index in [1.807, 2.05) is 12.3 Å². The number of hydrogen-bond acceptors (Lipinski definition) is 3. The zero-order valence-electron chi connectivity index (χ0n) is 18.8. The summed E-state index contributed by atoms with van der Waals surface area (Å²) in [7, 11) is 1.60. The molecule has 2 aromatic rings. The Kier molecular flexibility index (Phi) is 8.68. The second-order valence-corrected chi connectivity index (χ2v) is 8.92. The van der Waals surface area contributed by atoms with Crippen LogP contribution in [0.25, 0.3) is 0 Å². The van der Waals surface area contributed by atoms with Crippen LogP contribution in [0.5, 0.6) is 0 Å². The Bertz CT molecular complexity index is 806. The number of amides is 2. The van der Waals surface area contributed by atoms with Crippen molar-refractivity contribution in [1.82, 2.24) is 20.2 Å². The summed E-state index contributed by atoms with van der Waals surface area (Å²) in [6, 6.07) is 10.8. The third-order valence-corrected chi connectivity index (χ3v) is 6.56. The van der Waals surface area contributed by atoms with Crippen molar-refractivity contribution in [3.8, 4) is 0 Å². The second-order valence-electron chi connectivity index (χ2n) is 8.92. The van der Waals surface area contributed by atoms with Gasteiger partial charge in [-0.3, -0.25) is 9.59 Å². The molecule has 2 N–H and O–H groups in total. The van der Waals surface area contributed by atoms with E-state index < -0.39 is 0 Å². The Morgan fingerprint density at radius 2 is 1.94 bits per heavy atom. The van der Waals surface area contributed by atoms with Crippen molar-refractivity contribution < 1.29 is 9.59 Å². The molecule has 0 radical (unpaired) electrons. The van der Waals surface area contributed by atoms with Gasteiger partial charge in [-0.25, -0.2) is 4.98 Å². The average Bonchev–Trinajstić information content (AvgIpc) is 3.40. The summed E-state index contributed by atoms with van der Waals surface area (Å²) in [6.45, 7) is 2.24. The van der Waals surface area contributed by atoms with Crippen LogP contribution in [0.2, 0.25) is 0 Å². The monoisotopic (exact) mass is 424 g/mol. The minimum Gasteiger partial charge on any atom is -0.359 e. The lowest BCUT2D eigenvalue weighted by molar-refractivity contribution is -0.129. The zero-order valence-corrected chi connectivity index (χ0v) is 18.8. The van der Waals surface area contributed by atoms with Gasteiger partial charge in [0, 0.05) is 44.9 Å². The Balaban J connectivity index is 0.000000491. The number of likely N-dealkylation sites (tertiary alicyclic amines) is 1. The van der Waals surface area contributed by atoms with Gasteiger partial charge in [0.25, 0.3) is 0 Å². The van der Waals surface area contributed by atoms with E-state index in [4.69, 9.17) is 0 Å². The fraction of sp³-hybridized carbons (Fsp3) is 0.560. The molecule has 1 aromatic carbocycles. The molecule has 4 rings (SSSR count). The maximum Gasteiger partial charge on any atom is 0.223 e. The van der Waals surface area contributed by atoms with Gasteiger partial charge in [0.15, 0.2) is 0 Å². The first-order valence-electron chi connectivity index (χ1n) is 11.5. The van der Waals surface area contributed by atoms with E-state index in [0.717, 1.165) is 37.6 Å². The summed E-state index contributed by atoms with van der Waals surface area (Å²) in [4.78, 5) is 31.7. The van der Waals surface area contributed by atoms with Crippen LogP contribution >= 0.6 is 0 Å². The summed E-state index contributed by atoms with van der Waals surface area (Å²) in [5.41, 5.74) is 2.51. The van der Waals surface area contributed by atoms with Gasteiger partial charge in [0.2, 0.25) is 11.8 Å². The molecule has 2 fully saturated rings. The lowest BCUT2D eigenvalue weighted by Gasteiger charge is -2.33. The van der Waals surface area contributed by atoms with Crippen LogP contribution in [0.15, 0.2) is 42.9 Å². The second kappa shape index (κ2) is 11.7. The van der Waals surface area contributed by atoms with E-state index in [1.165, 1.54) is 50.3 Å². The standard InChI is InChI=1S/C22H29N3O.C3H7NO/c26-22-10-9-21(25(22)15-17-5-2-1-3-6-17)13-19-8-4-7-18(11-19)12-20-14-23-16-24-20;1-3(5)4-2/h1-3,5-6,14,16,18-19,21H,4,7-13,15H2,(H,23,24);1-2H3,(H,4,5)/t18-,19-,21-;/m0./s1. The van der Waals surface area contributed by atoms with Crippen LogP contribution in [-0.4, -0.2) is 39.8 Å². The van der Waals surface area contributed by atoms with E-state index >= 15 is 0 Å². The van der Waals surface area contributed by atoms with E-state index in [0.29, 0.717) is 11.9 Å². The first-order chi connectivity index (χ1) is 15.0. The quantitative estimate of drug-likeness (QED) is 0.733. The number of rotatable bonds is 6. The summed E-state index contributed by atoms with van der Waals surface area (Å²) in [6.07, 6.45) is 13.1. The Hall–Kier alpha value is -2.63. The van der Waals surface area contributed by atoms with E-state index in [-0.39, 0.29) is 5.91 Å². The van der Waals surface area contributed by atoms with Gasteiger partial charge in [-0.2, -0.15) is 0 Å². The number of nitrogens with zero attached hydrogens (tertiary/aromatic N) is 2. The van der Waals surface area contributed by atoms with Crippen molar-refractivity contribution in [3.63, 3.8) is 0 Å². The Labute approximate surface area is 185 Å². The zero-order chi connectivity index (χ0) is 22.1. The largest absolute Gasteiger partial charge is 0.359 e. The number of hydrogen-bond donors (Lipinski definition) is 2. The minimum atomic E-state index is 0.00463. The molecule has 6 heteroatoms. The molecule has 168 valence electrons. The topological polar surface area (TPSA) is 78.1 Å². The summed E-state index contributed by atoms with van der Waals surface area (Å²) < 4.78 is 0. The van der Waals surface area contributed by atoms with Crippen molar-refractivity contribution in [2.45, 2.75) is 70.9 Å². The Morgan fingerprint density at radius 1 is 1.19 bits per heavy atom. The molecule has 2 amide bonds. The predicted molar refractivity (Wildman–Crippen MR) is 122 cm³/mol. The first kappa shape index (κ1) is 23.0. The van der Waals surface area contributed by atoms with Gasteiger partial charge in [0.1, 0.15) is 0 Å². The van der Waals surface area contributed by atoms with E-state index in [1.54, 1.807) is 13.4 Å². The van der Waals surface area contributed by atoms with Crippen LogP contribution in [0.3, 0.4) is 0 Å². The molecule has 0 unspecified atom stereocenters. The predicted octanol–water partition coefficient (Wildman–Crippen LogP) is 4.09. The van der Waals surface area contributed by atoms with Gasteiger partial charge in [-0.15, -0.1) is 0 Å². The number of aromatic nitrogens is 2. The van der Waals surface area contributed by atoms with Gasteiger partial charge < -0.3 is 15.2 Å². The van der Waals surface area contributed by atoms with Crippen LogP contribution in [-0.2, 0) is 22.6 Å². The average molecular weight is 425 g/mol. The molecule has 0 bridgehead atoms. The third kappa shape index (κ3) is 7.23. The third-order valence-electron chi connectivity index (χ3n) is 6.56. The highest BCUT2D eigenvalue weighted by Gasteiger charge is 2.34. The summed E-state index contributed by atoms with van der Waals surface area (Å²) in [5.74, 6) is 1.85. The Morgan fingerprint density at radius 3 is 2.61 bits per heavy atom. The van der Waals surface area contributed by atoms with Crippen molar-refractivity contribution in [2.75, 3.05) is 7.05 Å². The maximum atomic E-state index is 12.4. The normalized spacial score (nSPS) is 23.2. The van der Waals surface area contributed by atoms with Crippen LogP contribution in [0.1, 0.15) is 63.1 Å². The van der Waals surface area contributed by atoms with E-state index in [2.05, 4.69) is 44.5 Å². The van der Waals surface area contributed by atoms with Gasteiger partial charge >= 0.3 is 0 Å². The molecule has 6 nitrogen and oxygen atoms in total. The first-order valence-corrected chi connectivity index (χ1v) is 11.5. The SMILES string of the molecule is CNC(C)=O.O=C1CC[C@@H](C[C@H]2CCC[C@H](Cc3cnc[nH]3)C2)N1Cc1ccccc1. The molecule has 1 saturated carbocycles. The lowest BCUT2D eigenvalue weighted by Crippen LogP contribution is -2.34. The molecule has 1 aliphatic heterocycles. The molecule has 31 heavy (non-hydrogen) atoms. The van der Waals surface area contributed by atoms with Crippen LogP contribution in [0, 0.1) is 11.8 Å². The number of H-pyrrole nitrogens is 1. The summed E-state index contributed by atoms with van der Waals surface area (Å²) in [5, 5.41) is 2.39. The molecule has 1 aromatic heterocycles. The van der Waals surface area contributed by atoms with Crippen molar-refractivity contribution in [2.24, 2.45) is 11.8 Å². The molecule has 2 aliphatic rings. The van der Waals surface area contributed by atoms with Crippen molar-refractivity contribution >= 4 is 11.8 Å². The van der Waals surface area contributed by atoms with Gasteiger partial charge in [-0.1, -0.05) is 49.6 Å². The molecule has 0 spiro atoms. The molecule has 3 atom stereocenters. The molecular weight excluding hydrogens is 388 g/mol. The number of nitrogens with one attached hydrogen (secondary N) is 2. The maximum absolute atomic E-state index is 12.4. The molecule has 2 heterocycles. The molecule has 1 aliphatic carbocycles.